The quantitative estimate of drug-likeness (QED) is 0.529. The number of ether oxygens (including phenoxy) is 1. The maximum atomic E-state index is 12.2. The van der Waals surface area contributed by atoms with Crippen molar-refractivity contribution in [2.45, 2.75) is 12.4 Å². The second-order valence-corrected chi connectivity index (χ2v) is 6.92. The van der Waals surface area contributed by atoms with Crippen molar-refractivity contribution in [1.82, 2.24) is 5.32 Å². The number of benzene rings is 2. The average Bonchev–Trinajstić information content (AvgIpc) is 3.15. The fourth-order valence-electron chi connectivity index (χ4n) is 2.46. The van der Waals surface area contributed by atoms with Crippen LogP contribution in [0.3, 0.4) is 0 Å². The fraction of sp³-hybridized carbons (Fsp3) is 0.105. The van der Waals surface area contributed by atoms with E-state index in [0.29, 0.717) is 10.8 Å². The van der Waals surface area contributed by atoms with Crippen LogP contribution >= 0.6 is 23.6 Å². The van der Waals surface area contributed by atoms with Crippen molar-refractivity contribution in [3.63, 3.8) is 0 Å². The number of hydrogen-bond donors (Lipinski definition) is 2. The minimum absolute atomic E-state index is 0.126. The molecule has 8 heteroatoms. The molecule has 0 bridgehead atoms. The van der Waals surface area contributed by atoms with Crippen LogP contribution in [0, 0.1) is 0 Å². The van der Waals surface area contributed by atoms with Crippen molar-refractivity contribution in [3.05, 3.63) is 82.6 Å². The Morgan fingerprint density at radius 3 is 2.26 bits per heavy atom. The van der Waals surface area contributed by atoms with Crippen LogP contribution in [0.4, 0.5) is 18.9 Å². The van der Waals surface area contributed by atoms with E-state index in [1.54, 1.807) is 11.3 Å². The van der Waals surface area contributed by atoms with Crippen molar-refractivity contribution < 1.29 is 17.9 Å². The van der Waals surface area contributed by atoms with E-state index in [9.17, 15) is 13.2 Å². The lowest BCUT2D eigenvalue weighted by Crippen LogP contribution is -2.32. The summed E-state index contributed by atoms with van der Waals surface area (Å²) >= 11 is 6.99. The smallest absolute Gasteiger partial charge is 0.406 e. The minimum Gasteiger partial charge on any atom is -0.406 e. The summed E-state index contributed by atoms with van der Waals surface area (Å²) in [4.78, 5) is 1.10. The molecule has 1 heterocycles. The van der Waals surface area contributed by atoms with Crippen molar-refractivity contribution in [2.24, 2.45) is 0 Å². The van der Waals surface area contributed by atoms with E-state index >= 15 is 0 Å². The molecule has 3 aromatic rings. The van der Waals surface area contributed by atoms with Crippen LogP contribution in [0.25, 0.3) is 0 Å². The maximum absolute atomic E-state index is 12.2. The number of thiocarbonyl (C=S) groups is 1. The first-order valence-corrected chi connectivity index (χ1v) is 9.21. The summed E-state index contributed by atoms with van der Waals surface area (Å²) in [6, 6.07) is 19.1. The van der Waals surface area contributed by atoms with Crippen molar-refractivity contribution in [3.8, 4) is 5.75 Å². The van der Waals surface area contributed by atoms with Crippen LogP contribution in [0.15, 0.2) is 72.1 Å². The highest BCUT2D eigenvalue weighted by Crippen LogP contribution is 2.27. The molecule has 0 aliphatic heterocycles. The molecule has 0 saturated heterocycles. The van der Waals surface area contributed by atoms with Gasteiger partial charge in [0.1, 0.15) is 5.75 Å². The molecule has 0 spiro atoms. The molecule has 2 aromatic carbocycles. The molecule has 1 atom stereocenters. The van der Waals surface area contributed by atoms with Gasteiger partial charge in [-0.3, -0.25) is 0 Å². The largest absolute Gasteiger partial charge is 0.573 e. The molecule has 0 radical (unpaired) electrons. The van der Waals surface area contributed by atoms with Gasteiger partial charge in [-0.1, -0.05) is 36.4 Å². The Kier molecular flexibility index (Phi) is 5.98. The van der Waals surface area contributed by atoms with E-state index < -0.39 is 6.36 Å². The standard InChI is InChI=1S/C19H15F3N2OS2/c20-19(21,22)25-15-10-8-14(9-11-15)23-18(26)24-17(16-7-4-12-27-16)13-5-2-1-3-6-13/h1-12,17H,(H2,23,24,26)/t17-/m1/s1. The molecular weight excluding hydrogens is 393 g/mol. The Morgan fingerprint density at radius 2 is 1.67 bits per heavy atom. The Labute approximate surface area is 163 Å². The normalized spacial score (nSPS) is 12.3. The highest BCUT2D eigenvalue weighted by Gasteiger charge is 2.30. The van der Waals surface area contributed by atoms with E-state index in [0.717, 1.165) is 10.4 Å². The lowest BCUT2D eigenvalue weighted by Gasteiger charge is -2.20. The van der Waals surface area contributed by atoms with Gasteiger partial charge < -0.3 is 15.4 Å². The van der Waals surface area contributed by atoms with Gasteiger partial charge in [-0.25, -0.2) is 0 Å². The average molecular weight is 408 g/mol. The molecule has 0 fully saturated rings. The first kappa shape index (κ1) is 19.2. The number of anilines is 1. The van der Waals surface area contributed by atoms with Gasteiger partial charge in [0.15, 0.2) is 5.11 Å². The maximum Gasteiger partial charge on any atom is 0.573 e. The van der Waals surface area contributed by atoms with Gasteiger partial charge in [-0.05, 0) is 53.5 Å². The number of thiophene rings is 1. The molecule has 3 nitrogen and oxygen atoms in total. The van der Waals surface area contributed by atoms with E-state index in [1.165, 1.54) is 24.3 Å². The SMILES string of the molecule is FC(F)(F)Oc1ccc(NC(=S)N[C@H](c2ccccc2)c2cccs2)cc1. The molecule has 1 aromatic heterocycles. The number of alkyl halides is 3. The Morgan fingerprint density at radius 1 is 0.963 bits per heavy atom. The van der Waals surface area contributed by atoms with Crippen LogP contribution in [0.5, 0.6) is 5.75 Å². The van der Waals surface area contributed by atoms with Gasteiger partial charge in [0.05, 0.1) is 6.04 Å². The number of nitrogens with one attached hydrogen (secondary N) is 2. The van der Waals surface area contributed by atoms with Gasteiger partial charge in [0.2, 0.25) is 0 Å². The van der Waals surface area contributed by atoms with Gasteiger partial charge in [0.25, 0.3) is 0 Å². The summed E-state index contributed by atoms with van der Waals surface area (Å²) in [7, 11) is 0. The molecule has 0 amide bonds. The van der Waals surface area contributed by atoms with E-state index in [4.69, 9.17) is 12.2 Å². The number of rotatable bonds is 5. The second-order valence-electron chi connectivity index (χ2n) is 5.53. The first-order valence-electron chi connectivity index (χ1n) is 7.92. The lowest BCUT2D eigenvalue weighted by atomic mass is 10.1. The fourth-order valence-corrected chi connectivity index (χ4v) is 3.50. The number of hydrogen-bond acceptors (Lipinski definition) is 3. The third-order valence-electron chi connectivity index (χ3n) is 3.58. The molecule has 2 N–H and O–H groups in total. The summed E-state index contributed by atoms with van der Waals surface area (Å²) in [5.74, 6) is -0.285. The highest BCUT2D eigenvalue weighted by atomic mass is 32.1. The van der Waals surface area contributed by atoms with E-state index in [1.807, 2.05) is 47.8 Å². The molecule has 0 aliphatic rings. The summed E-state index contributed by atoms with van der Waals surface area (Å²) in [6.07, 6.45) is -4.71. The molecule has 0 unspecified atom stereocenters. The van der Waals surface area contributed by atoms with Crippen molar-refractivity contribution in [1.29, 1.82) is 0 Å². The van der Waals surface area contributed by atoms with Crippen molar-refractivity contribution in [2.75, 3.05) is 5.32 Å². The number of halogens is 3. The summed E-state index contributed by atoms with van der Waals surface area (Å²) < 4.78 is 40.5. The van der Waals surface area contributed by atoms with Gasteiger partial charge in [-0.2, -0.15) is 0 Å². The molecule has 0 saturated carbocycles. The van der Waals surface area contributed by atoms with Crippen LogP contribution in [0.2, 0.25) is 0 Å². The Balaban J connectivity index is 1.68. The molecule has 0 aliphatic carbocycles. The third kappa shape index (κ3) is 5.70. The highest BCUT2D eigenvalue weighted by molar-refractivity contribution is 7.80. The summed E-state index contributed by atoms with van der Waals surface area (Å²) in [6.45, 7) is 0. The predicted molar refractivity (Wildman–Crippen MR) is 105 cm³/mol. The molecule has 3 rings (SSSR count). The van der Waals surface area contributed by atoms with Gasteiger partial charge in [0, 0.05) is 10.6 Å². The van der Waals surface area contributed by atoms with E-state index in [-0.39, 0.29) is 11.8 Å². The van der Waals surface area contributed by atoms with Crippen LogP contribution in [-0.4, -0.2) is 11.5 Å². The van der Waals surface area contributed by atoms with Gasteiger partial charge >= 0.3 is 6.36 Å². The lowest BCUT2D eigenvalue weighted by molar-refractivity contribution is -0.274. The zero-order chi connectivity index (χ0) is 19.3. The Hall–Kier alpha value is -2.58. The molecule has 140 valence electrons. The first-order chi connectivity index (χ1) is 12.9. The topological polar surface area (TPSA) is 33.3 Å². The molecular formula is C19H15F3N2OS2. The van der Waals surface area contributed by atoms with Crippen LogP contribution in [-0.2, 0) is 0 Å². The van der Waals surface area contributed by atoms with Crippen LogP contribution in [0.1, 0.15) is 16.5 Å². The van der Waals surface area contributed by atoms with E-state index in [2.05, 4.69) is 15.4 Å². The van der Waals surface area contributed by atoms with Gasteiger partial charge in [-0.15, -0.1) is 24.5 Å². The van der Waals surface area contributed by atoms with Crippen LogP contribution < -0.4 is 15.4 Å². The van der Waals surface area contributed by atoms with Crippen molar-refractivity contribution >= 4 is 34.4 Å². The zero-order valence-corrected chi connectivity index (χ0v) is 15.5. The zero-order valence-electron chi connectivity index (χ0n) is 13.9. The summed E-state index contributed by atoms with van der Waals surface area (Å²) in [5, 5.41) is 8.59. The third-order valence-corrected chi connectivity index (χ3v) is 4.74. The monoisotopic (exact) mass is 408 g/mol. The minimum atomic E-state index is -4.71. The summed E-state index contributed by atoms with van der Waals surface area (Å²) in [5.41, 5.74) is 1.61. The predicted octanol–water partition coefficient (Wildman–Crippen LogP) is 5.72. The molecule has 27 heavy (non-hydrogen) atoms. The second kappa shape index (κ2) is 8.41. The Bertz CT molecular complexity index is 866.